The molecule has 1 heterocycles. The molecule has 0 aliphatic rings. The second-order valence-corrected chi connectivity index (χ2v) is 15.1. The number of aliphatic imine (C=N–C) groups is 1. The second kappa shape index (κ2) is 35.4. The molecule has 0 bridgehead atoms. The van der Waals surface area contributed by atoms with Crippen molar-refractivity contribution in [3.8, 4) is 5.88 Å². The zero-order valence-electron chi connectivity index (χ0n) is 43.4. The van der Waals surface area contributed by atoms with Gasteiger partial charge in [0.25, 0.3) is 5.69 Å². The molecule has 0 radical (unpaired) electrons. The predicted molar refractivity (Wildman–Crippen MR) is 283 cm³/mol. The number of aliphatic hydroxyl groups excluding tert-OH is 1. The van der Waals surface area contributed by atoms with Crippen LogP contribution in [-0.4, -0.2) is 78.4 Å². The standard InChI is InChI=1S/C15H21NO3.C13H15NO2.C8H9NO2.C8H11N.C7H12ClNO3.C2H6O/c1-5-18-14(10-15(17)19-6-2)16-13-9-7-8-11(3)12(13)4;1-4-16-12-7-11(15)10-6-5-8(2)9(3)13(10)14-12;1-6-4-3-5-8(7(6)2)9(10)11;1-6-4-3-5-8(9)7(6)2;1-3-11-6(9-8)5-7(10)12-4-2;1-2-3/h7-9H,5-6,10H2,1-4H3;5-7H,4H2,1-3H3,(H,14,15);3-5H,1-2H3;3-5H,9H2,1-2H3;3-5H2,1-2H3;3H,2H2,1H3. The number of rotatable bonds is 12. The number of benzene rings is 4. The molecule has 0 unspecified atom stereocenters. The Labute approximate surface area is 418 Å². The normalized spacial score (nSPS) is 10.4. The van der Waals surface area contributed by atoms with Crippen molar-refractivity contribution in [2.24, 2.45) is 9.50 Å². The van der Waals surface area contributed by atoms with Crippen LogP contribution in [0.15, 0.2) is 87.1 Å². The van der Waals surface area contributed by atoms with E-state index in [4.69, 9.17) is 41.6 Å². The number of nitrogen functional groups attached to an aromatic ring is 1. The maximum Gasteiger partial charge on any atom is 0.315 e. The minimum Gasteiger partial charge on any atom is -0.481 e. The van der Waals surface area contributed by atoms with Gasteiger partial charge in [-0.15, -0.1) is 4.51 Å². The SMILES string of the molecule is CCO.CCOC(=O)CC(=NCl)OCC.CCOC(=O)CC(=Nc1cccc(C)c1C)OCC.CCOc1cc(=O)c2ccc(C)c(C)c2[nH]1.Cc1cccc(N)c1C.Cc1cccc([N+](=O)[O-])c1C. The van der Waals surface area contributed by atoms with Gasteiger partial charge < -0.3 is 39.5 Å². The largest absolute Gasteiger partial charge is 0.481 e. The van der Waals surface area contributed by atoms with Gasteiger partial charge in [-0.2, -0.15) is 0 Å². The lowest BCUT2D eigenvalue weighted by Gasteiger charge is -2.09. The van der Waals surface area contributed by atoms with E-state index >= 15 is 0 Å². The van der Waals surface area contributed by atoms with Crippen LogP contribution >= 0.6 is 11.8 Å². The van der Waals surface area contributed by atoms with Gasteiger partial charge in [0.2, 0.25) is 5.90 Å². The van der Waals surface area contributed by atoms with Gasteiger partial charge >= 0.3 is 11.9 Å². The van der Waals surface area contributed by atoms with Gasteiger partial charge in [-0.05, 0) is 154 Å². The van der Waals surface area contributed by atoms with Crippen LogP contribution in [-0.2, 0) is 28.5 Å². The van der Waals surface area contributed by atoms with Crippen molar-refractivity contribution >= 4 is 63.5 Å². The molecule has 5 aromatic rings. The van der Waals surface area contributed by atoms with Crippen molar-refractivity contribution in [3.05, 3.63) is 138 Å². The van der Waals surface area contributed by atoms with E-state index in [1.54, 1.807) is 40.7 Å². The summed E-state index contributed by atoms with van der Waals surface area (Å²) in [7, 11) is 0. The first-order valence-electron chi connectivity index (χ1n) is 23.0. The van der Waals surface area contributed by atoms with E-state index in [1.165, 1.54) is 23.3 Å². The smallest absolute Gasteiger partial charge is 0.315 e. The van der Waals surface area contributed by atoms with Crippen LogP contribution in [0.3, 0.4) is 0 Å². The minimum absolute atomic E-state index is 0.000278. The number of esters is 2. The van der Waals surface area contributed by atoms with Gasteiger partial charge in [0, 0.05) is 47.2 Å². The van der Waals surface area contributed by atoms with E-state index in [-0.39, 0.29) is 53.3 Å². The van der Waals surface area contributed by atoms with Crippen molar-refractivity contribution in [1.29, 1.82) is 0 Å². The van der Waals surface area contributed by atoms with Crippen LogP contribution < -0.4 is 15.9 Å². The highest BCUT2D eigenvalue weighted by Gasteiger charge is 2.12. The van der Waals surface area contributed by atoms with Crippen molar-refractivity contribution in [3.63, 3.8) is 0 Å². The van der Waals surface area contributed by atoms with Gasteiger partial charge in [0.05, 0.1) is 49.2 Å². The van der Waals surface area contributed by atoms with Crippen molar-refractivity contribution in [2.75, 3.05) is 45.4 Å². The molecule has 4 aromatic carbocycles. The number of ether oxygens (including phenoxy) is 5. The van der Waals surface area contributed by atoms with E-state index in [0.717, 1.165) is 50.3 Å². The number of carbonyl (C=O) groups is 2. The number of hydrogen-bond acceptors (Lipinski definition) is 14. The molecule has 5 rings (SSSR count). The minimum atomic E-state index is -0.384. The fourth-order valence-corrected chi connectivity index (χ4v) is 5.81. The summed E-state index contributed by atoms with van der Waals surface area (Å²) in [6.07, 6.45) is 0.0558. The number of anilines is 1. The van der Waals surface area contributed by atoms with E-state index < -0.39 is 0 Å². The Morgan fingerprint density at radius 2 is 1.13 bits per heavy atom. The molecule has 0 fully saturated rings. The number of nitro benzene ring substituents is 1. The number of aromatic nitrogens is 1. The first-order chi connectivity index (χ1) is 33.2. The molecule has 0 spiro atoms. The molecule has 17 heteroatoms. The number of hydrogen-bond donors (Lipinski definition) is 3. The Kier molecular flexibility index (Phi) is 31.9. The third-order valence-electron chi connectivity index (χ3n) is 9.97. The number of nitrogens with two attached hydrogens (primary N) is 1. The molecule has 1 aromatic heterocycles. The number of H-pyrrole nitrogens is 1. The Morgan fingerprint density at radius 3 is 1.60 bits per heavy atom. The van der Waals surface area contributed by atoms with E-state index in [0.29, 0.717) is 50.2 Å². The summed E-state index contributed by atoms with van der Waals surface area (Å²) in [5, 5.41) is 18.7. The molecule has 70 heavy (non-hydrogen) atoms. The Hall–Kier alpha value is -6.78. The number of pyridine rings is 1. The number of aryl methyl sites for hydroxylation is 5. The van der Waals surface area contributed by atoms with Crippen LogP contribution in [0.25, 0.3) is 10.9 Å². The average Bonchev–Trinajstić information content (AvgIpc) is 3.30. The third kappa shape index (κ3) is 23.5. The molecule has 4 N–H and O–H groups in total. The number of halogens is 1. The van der Waals surface area contributed by atoms with Gasteiger partial charge in [0.1, 0.15) is 12.8 Å². The number of nitrogens with one attached hydrogen (secondary N) is 1. The highest BCUT2D eigenvalue weighted by molar-refractivity contribution is 6.20. The summed E-state index contributed by atoms with van der Waals surface area (Å²) in [4.78, 5) is 51.8. The Morgan fingerprint density at radius 1 is 0.657 bits per heavy atom. The molecule has 0 atom stereocenters. The van der Waals surface area contributed by atoms with Crippen molar-refractivity contribution in [1.82, 2.24) is 4.98 Å². The number of nitro groups is 1. The number of aliphatic hydroxyl groups is 1. The summed E-state index contributed by atoms with van der Waals surface area (Å²) in [6, 6.07) is 22.2. The monoisotopic (exact) mass is 992 g/mol. The molecule has 0 aliphatic carbocycles. The molecular weight excluding hydrogens is 918 g/mol. The lowest BCUT2D eigenvalue weighted by molar-refractivity contribution is -0.385. The van der Waals surface area contributed by atoms with Crippen LogP contribution in [0.2, 0.25) is 0 Å². The second-order valence-electron chi connectivity index (χ2n) is 15.0. The van der Waals surface area contributed by atoms with Crippen LogP contribution in [0.1, 0.15) is 98.9 Å². The van der Waals surface area contributed by atoms with E-state index in [1.807, 2.05) is 104 Å². The quantitative estimate of drug-likeness (QED) is 0.0265. The Balaban J connectivity index is 0.000000856. The number of aromatic amines is 1. The maximum absolute atomic E-state index is 11.8. The van der Waals surface area contributed by atoms with Crippen molar-refractivity contribution in [2.45, 2.75) is 110 Å². The summed E-state index contributed by atoms with van der Waals surface area (Å²) in [6.45, 7) is 28.9. The fourth-order valence-electron chi connectivity index (χ4n) is 5.70. The first-order valence-corrected chi connectivity index (χ1v) is 23.3. The van der Waals surface area contributed by atoms with Crippen LogP contribution in [0, 0.1) is 65.5 Å². The summed E-state index contributed by atoms with van der Waals surface area (Å²) in [5.74, 6) is 0.423. The van der Waals surface area contributed by atoms with Gasteiger partial charge in [0.15, 0.2) is 17.2 Å². The third-order valence-corrected chi connectivity index (χ3v) is 10.2. The molecule has 0 saturated heterocycles. The van der Waals surface area contributed by atoms with Gasteiger partial charge in [-0.1, -0.05) is 42.5 Å². The van der Waals surface area contributed by atoms with E-state index in [9.17, 15) is 24.5 Å². The summed E-state index contributed by atoms with van der Waals surface area (Å²) in [5.41, 5.74) is 17.1. The molecular formula is C53H74ClN5O11. The zero-order chi connectivity index (χ0) is 53.3. The highest BCUT2D eigenvalue weighted by Crippen LogP contribution is 2.23. The lowest BCUT2D eigenvalue weighted by atomic mass is 10.1. The molecule has 0 aliphatic heterocycles. The van der Waals surface area contributed by atoms with Crippen molar-refractivity contribution < 1.29 is 43.3 Å². The van der Waals surface area contributed by atoms with Crippen LogP contribution in [0.4, 0.5) is 17.1 Å². The first kappa shape index (κ1) is 63.2. The topological polar surface area (TPSA) is 227 Å². The average molecular weight is 993 g/mol. The van der Waals surface area contributed by atoms with Crippen LogP contribution in [0.5, 0.6) is 5.88 Å². The van der Waals surface area contributed by atoms with E-state index in [2.05, 4.69) is 32.2 Å². The Bertz CT molecular complexity index is 2500. The highest BCUT2D eigenvalue weighted by atomic mass is 35.5. The molecule has 0 amide bonds. The molecule has 384 valence electrons. The molecule has 16 nitrogen and oxygen atoms in total. The molecule has 0 saturated carbocycles. The number of nitrogens with zero attached hydrogens (tertiary/aromatic N) is 3. The number of carbonyl (C=O) groups excluding carboxylic acids is 2. The van der Waals surface area contributed by atoms with Gasteiger partial charge in [-0.3, -0.25) is 24.5 Å². The summed E-state index contributed by atoms with van der Waals surface area (Å²) < 4.78 is 28.5. The predicted octanol–water partition coefficient (Wildman–Crippen LogP) is 11.5. The summed E-state index contributed by atoms with van der Waals surface area (Å²) >= 11 is 5.15. The number of fused-ring (bicyclic) bond motifs is 1. The fraction of sp³-hybridized carbons (Fsp3) is 0.415. The van der Waals surface area contributed by atoms with Gasteiger partial charge in [-0.25, -0.2) is 4.99 Å². The zero-order valence-corrected chi connectivity index (χ0v) is 44.2. The maximum atomic E-state index is 11.8. The lowest BCUT2D eigenvalue weighted by Crippen LogP contribution is -2.14.